The Morgan fingerprint density at radius 1 is 1.61 bits per heavy atom. The van der Waals surface area contributed by atoms with E-state index in [2.05, 4.69) is 5.32 Å². The first-order chi connectivity index (χ1) is 11.1. The van der Waals surface area contributed by atoms with Gasteiger partial charge in [-0.15, -0.1) is 0 Å². The Kier molecular flexibility index (Phi) is 4.20. The van der Waals surface area contributed by atoms with Crippen LogP contribution in [0, 0.1) is 21.4 Å². The van der Waals surface area contributed by atoms with Crippen molar-refractivity contribution in [2.45, 2.75) is 43.9 Å². The van der Waals surface area contributed by atoms with Gasteiger partial charge in [0.2, 0.25) is 0 Å². The van der Waals surface area contributed by atoms with Crippen LogP contribution in [0.3, 0.4) is 0 Å². The molecular formula is C16H19N3O4. The molecule has 2 aliphatic rings. The topological polar surface area (TPSA) is 97.4 Å². The van der Waals surface area contributed by atoms with Gasteiger partial charge in [0.25, 0.3) is 5.69 Å². The van der Waals surface area contributed by atoms with E-state index in [4.69, 9.17) is 9.47 Å². The molecule has 1 saturated carbocycles. The summed E-state index contributed by atoms with van der Waals surface area (Å²) >= 11 is 0. The van der Waals surface area contributed by atoms with Gasteiger partial charge in [-0.3, -0.25) is 10.1 Å². The van der Waals surface area contributed by atoms with Crippen molar-refractivity contribution in [3.63, 3.8) is 0 Å². The average Bonchev–Trinajstić information content (AvgIpc) is 3.06. The lowest BCUT2D eigenvalue weighted by Gasteiger charge is -2.53. The summed E-state index contributed by atoms with van der Waals surface area (Å²) in [5.41, 5.74) is 0.449. The Morgan fingerprint density at radius 3 is 3.04 bits per heavy atom. The van der Waals surface area contributed by atoms with Crippen molar-refractivity contribution in [2.75, 3.05) is 18.5 Å². The molecule has 0 aromatic heterocycles. The molecule has 0 unspecified atom stereocenters. The lowest BCUT2D eigenvalue weighted by atomic mass is 9.69. The van der Waals surface area contributed by atoms with Crippen molar-refractivity contribution in [1.82, 2.24) is 0 Å². The number of nitrogens with zero attached hydrogens (tertiary/aromatic N) is 2. The van der Waals surface area contributed by atoms with Gasteiger partial charge in [0.15, 0.2) is 0 Å². The maximum atomic E-state index is 10.8. The fourth-order valence-corrected chi connectivity index (χ4v) is 3.53. The molecule has 1 heterocycles. The first kappa shape index (κ1) is 15.7. The van der Waals surface area contributed by atoms with Gasteiger partial charge in [-0.1, -0.05) is 0 Å². The van der Waals surface area contributed by atoms with Gasteiger partial charge in [0.05, 0.1) is 28.3 Å². The average molecular weight is 317 g/mol. The van der Waals surface area contributed by atoms with Crippen LogP contribution >= 0.6 is 0 Å². The van der Waals surface area contributed by atoms with E-state index in [-0.39, 0.29) is 29.0 Å². The molecule has 0 bridgehead atoms. The number of nitrogens with one attached hydrogen (secondary N) is 1. The summed E-state index contributed by atoms with van der Waals surface area (Å²) < 4.78 is 11.8. The fourth-order valence-electron chi connectivity index (χ4n) is 3.53. The maximum absolute atomic E-state index is 10.8. The van der Waals surface area contributed by atoms with Crippen molar-refractivity contribution in [3.05, 3.63) is 33.9 Å². The molecule has 122 valence electrons. The van der Waals surface area contributed by atoms with E-state index in [0.717, 1.165) is 19.3 Å². The number of non-ortho nitro benzene ring substituents is 1. The zero-order valence-electron chi connectivity index (χ0n) is 12.9. The van der Waals surface area contributed by atoms with E-state index in [1.54, 1.807) is 6.07 Å². The van der Waals surface area contributed by atoms with Crippen molar-refractivity contribution < 1.29 is 14.4 Å². The number of rotatable bonds is 5. The molecule has 2 fully saturated rings. The van der Waals surface area contributed by atoms with Crippen LogP contribution in [0.25, 0.3) is 0 Å². The highest BCUT2D eigenvalue weighted by molar-refractivity contribution is 5.62. The van der Waals surface area contributed by atoms with Gasteiger partial charge in [0.1, 0.15) is 11.7 Å². The zero-order chi connectivity index (χ0) is 16.4. The Hall–Kier alpha value is -2.17. The SMILES string of the molecule is CCO[C@@H]1C[C@@H](Nc2ccc([N+](=O)[O-])cc2C#N)[C@@]12CCCO2. The molecule has 3 atom stereocenters. The van der Waals surface area contributed by atoms with Crippen LogP contribution < -0.4 is 5.32 Å². The van der Waals surface area contributed by atoms with Crippen LogP contribution in [0.4, 0.5) is 11.4 Å². The molecule has 3 rings (SSSR count). The van der Waals surface area contributed by atoms with Crippen LogP contribution in [0.2, 0.25) is 0 Å². The largest absolute Gasteiger partial charge is 0.378 e. The van der Waals surface area contributed by atoms with Crippen LogP contribution in [-0.4, -0.2) is 35.9 Å². The van der Waals surface area contributed by atoms with Gasteiger partial charge in [-0.05, 0) is 32.3 Å². The van der Waals surface area contributed by atoms with E-state index in [9.17, 15) is 15.4 Å². The number of benzene rings is 1. The number of hydrogen-bond acceptors (Lipinski definition) is 6. The van der Waals surface area contributed by atoms with Gasteiger partial charge in [-0.25, -0.2) is 0 Å². The van der Waals surface area contributed by atoms with E-state index < -0.39 is 4.92 Å². The maximum Gasteiger partial charge on any atom is 0.270 e. The van der Waals surface area contributed by atoms with Crippen molar-refractivity contribution in [3.8, 4) is 6.07 Å². The van der Waals surface area contributed by atoms with Crippen molar-refractivity contribution in [1.29, 1.82) is 5.26 Å². The van der Waals surface area contributed by atoms with Gasteiger partial charge in [0, 0.05) is 25.3 Å². The minimum Gasteiger partial charge on any atom is -0.378 e. The third-order valence-corrected chi connectivity index (χ3v) is 4.70. The summed E-state index contributed by atoms with van der Waals surface area (Å²) in [6, 6.07) is 6.36. The van der Waals surface area contributed by atoms with E-state index in [1.807, 2.05) is 13.0 Å². The third-order valence-electron chi connectivity index (χ3n) is 4.70. The van der Waals surface area contributed by atoms with E-state index in [1.165, 1.54) is 12.1 Å². The molecule has 7 nitrogen and oxygen atoms in total. The second kappa shape index (κ2) is 6.14. The van der Waals surface area contributed by atoms with Gasteiger partial charge >= 0.3 is 0 Å². The molecule has 0 amide bonds. The molecule has 0 radical (unpaired) electrons. The molecule has 7 heteroatoms. The fraction of sp³-hybridized carbons (Fsp3) is 0.562. The van der Waals surface area contributed by atoms with Crippen LogP contribution in [0.15, 0.2) is 18.2 Å². The minimum atomic E-state index is -0.499. The highest BCUT2D eigenvalue weighted by Gasteiger charge is 2.58. The molecule has 1 aromatic rings. The minimum absolute atomic E-state index is 0.0510. The second-order valence-corrected chi connectivity index (χ2v) is 5.88. The van der Waals surface area contributed by atoms with E-state index >= 15 is 0 Å². The highest BCUT2D eigenvalue weighted by Crippen LogP contribution is 2.47. The number of nitriles is 1. The zero-order valence-corrected chi connectivity index (χ0v) is 12.9. The number of nitro groups is 1. The number of ether oxygens (including phenoxy) is 2. The number of nitro benzene ring substituents is 1. The number of anilines is 1. The molecule has 23 heavy (non-hydrogen) atoms. The molecule has 1 spiro atoms. The summed E-state index contributed by atoms with van der Waals surface area (Å²) in [6.45, 7) is 3.32. The summed E-state index contributed by atoms with van der Waals surface area (Å²) in [7, 11) is 0. The quantitative estimate of drug-likeness (QED) is 0.662. The predicted molar refractivity (Wildman–Crippen MR) is 83.2 cm³/mol. The summed E-state index contributed by atoms with van der Waals surface area (Å²) in [6.07, 6.45) is 2.78. The van der Waals surface area contributed by atoms with Crippen molar-refractivity contribution in [2.24, 2.45) is 0 Å². The highest BCUT2D eigenvalue weighted by atomic mass is 16.6. The Balaban J connectivity index is 1.80. The molecule has 1 N–H and O–H groups in total. The standard InChI is InChI=1S/C16H19N3O4/c1-2-22-15-9-14(16(15)6-3-7-23-16)18-13-5-4-12(19(20)21)8-11(13)10-17/h4-5,8,14-15,18H,2-3,6-7,9H2,1H3/t14-,15-,16+/m1/s1. The normalized spacial score (nSPS) is 29.0. The summed E-state index contributed by atoms with van der Waals surface area (Å²) in [5, 5.41) is 23.4. The first-order valence-electron chi connectivity index (χ1n) is 7.81. The van der Waals surface area contributed by atoms with Crippen LogP contribution in [0.1, 0.15) is 31.7 Å². The van der Waals surface area contributed by atoms with Crippen LogP contribution in [-0.2, 0) is 9.47 Å². The molecule has 1 aliphatic carbocycles. The monoisotopic (exact) mass is 317 g/mol. The first-order valence-corrected chi connectivity index (χ1v) is 7.81. The summed E-state index contributed by atoms with van der Waals surface area (Å²) in [4.78, 5) is 10.3. The smallest absolute Gasteiger partial charge is 0.270 e. The lowest BCUT2D eigenvalue weighted by molar-refractivity contribution is -0.384. The lowest BCUT2D eigenvalue weighted by Crippen LogP contribution is -2.66. The van der Waals surface area contributed by atoms with Crippen molar-refractivity contribution >= 4 is 11.4 Å². The van der Waals surface area contributed by atoms with E-state index in [0.29, 0.717) is 18.9 Å². The van der Waals surface area contributed by atoms with Gasteiger partial charge in [-0.2, -0.15) is 5.26 Å². The van der Waals surface area contributed by atoms with Gasteiger partial charge < -0.3 is 14.8 Å². The predicted octanol–water partition coefficient (Wildman–Crippen LogP) is 2.60. The Labute approximate surface area is 134 Å². The molecule has 1 saturated heterocycles. The number of hydrogen-bond donors (Lipinski definition) is 1. The molecular weight excluding hydrogens is 298 g/mol. The summed E-state index contributed by atoms with van der Waals surface area (Å²) in [5.74, 6) is 0. The Bertz CT molecular complexity index is 649. The second-order valence-electron chi connectivity index (χ2n) is 5.88. The Morgan fingerprint density at radius 2 is 2.43 bits per heavy atom. The van der Waals surface area contributed by atoms with Crippen LogP contribution in [0.5, 0.6) is 0 Å². The molecule has 1 aromatic carbocycles. The third kappa shape index (κ3) is 2.64. The molecule has 1 aliphatic heterocycles.